The number of carbonyl (C=O) groups excluding carboxylic acids is 3. The van der Waals surface area contributed by atoms with E-state index in [2.05, 4.69) is 5.32 Å². The first-order chi connectivity index (χ1) is 12.0. The van der Waals surface area contributed by atoms with Gasteiger partial charge in [0.1, 0.15) is 0 Å². The number of imide groups is 1. The van der Waals surface area contributed by atoms with Crippen molar-refractivity contribution >= 4 is 17.8 Å². The molecule has 0 spiro atoms. The predicted molar refractivity (Wildman–Crippen MR) is 88.6 cm³/mol. The number of urea groups is 1. The van der Waals surface area contributed by atoms with Crippen LogP contribution in [-0.4, -0.2) is 58.0 Å². The molecular weight excluding hydrogens is 322 g/mol. The van der Waals surface area contributed by atoms with Gasteiger partial charge in [0.25, 0.3) is 5.91 Å². The summed E-state index contributed by atoms with van der Waals surface area (Å²) in [5.74, 6) is -0.0530. The van der Waals surface area contributed by atoms with Crippen LogP contribution in [0.2, 0.25) is 0 Å². The molecule has 2 N–H and O–H groups in total. The number of likely N-dealkylation sites (tertiary alicyclic amines) is 1. The van der Waals surface area contributed by atoms with Crippen LogP contribution in [0.15, 0.2) is 24.3 Å². The maximum absolute atomic E-state index is 12.8. The average Bonchev–Trinajstić information content (AvgIpc) is 3.34. The van der Waals surface area contributed by atoms with Crippen LogP contribution in [0, 0.1) is 5.92 Å². The Bertz CT molecular complexity index is 730. The molecule has 132 valence electrons. The normalized spacial score (nSPS) is 26.3. The molecule has 4 amide bonds. The van der Waals surface area contributed by atoms with E-state index in [0.29, 0.717) is 31.0 Å². The van der Waals surface area contributed by atoms with Crippen molar-refractivity contribution in [1.29, 1.82) is 0 Å². The minimum atomic E-state index is -0.729. The molecule has 7 heteroatoms. The maximum Gasteiger partial charge on any atom is 0.324 e. The summed E-state index contributed by atoms with van der Waals surface area (Å²) in [6.45, 7) is 1.11. The van der Waals surface area contributed by atoms with Crippen molar-refractivity contribution in [3.63, 3.8) is 0 Å². The zero-order valence-corrected chi connectivity index (χ0v) is 13.9. The van der Waals surface area contributed by atoms with Gasteiger partial charge in [-0.1, -0.05) is 12.1 Å². The van der Waals surface area contributed by atoms with Crippen molar-refractivity contribution in [3.05, 3.63) is 35.4 Å². The predicted octanol–water partition coefficient (Wildman–Crippen LogP) is 0.725. The number of hydrogen-bond acceptors (Lipinski definition) is 4. The molecule has 1 aliphatic carbocycles. The van der Waals surface area contributed by atoms with Crippen LogP contribution < -0.4 is 5.32 Å². The summed E-state index contributed by atoms with van der Waals surface area (Å²) in [6, 6.07) is 6.59. The van der Waals surface area contributed by atoms with Gasteiger partial charge in [-0.05, 0) is 42.9 Å². The Balaban J connectivity index is 1.47. The highest BCUT2D eigenvalue weighted by atomic mass is 16.3. The Morgan fingerprint density at radius 2 is 2.12 bits per heavy atom. The van der Waals surface area contributed by atoms with Gasteiger partial charge in [-0.25, -0.2) is 4.79 Å². The lowest BCUT2D eigenvalue weighted by molar-refractivity contribution is -0.125. The van der Waals surface area contributed by atoms with E-state index < -0.39 is 11.6 Å². The quantitative estimate of drug-likeness (QED) is 0.789. The van der Waals surface area contributed by atoms with Crippen LogP contribution >= 0.6 is 0 Å². The summed E-state index contributed by atoms with van der Waals surface area (Å²) < 4.78 is 0. The molecule has 1 atom stereocenters. The van der Waals surface area contributed by atoms with E-state index in [4.69, 9.17) is 0 Å². The second-order valence-electron chi connectivity index (χ2n) is 7.19. The van der Waals surface area contributed by atoms with E-state index in [-0.39, 0.29) is 24.9 Å². The molecular formula is C18H21N3O4. The molecule has 2 aliphatic heterocycles. The Morgan fingerprint density at radius 1 is 1.32 bits per heavy atom. The molecule has 7 nitrogen and oxygen atoms in total. The monoisotopic (exact) mass is 343 g/mol. The molecule has 0 aromatic heterocycles. The highest BCUT2D eigenvalue weighted by Crippen LogP contribution is 2.44. The van der Waals surface area contributed by atoms with Gasteiger partial charge in [0.15, 0.2) is 0 Å². The Kier molecular flexibility index (Phi) is 3.76. The largest absolute Gasteiger partial charge is 0.388 e. The SMILES string of the molecule is O=C(c1cccc(CN2C(=O)CNC2=O)c1)N1CCC(O)(C2CC2)C1. The lowest BCUT2D eigenvalue weighted by Gasteiger charge is -2.23. The fourth-order valence-corrected chi connectivity index (χ4v) is 3.73. The summed E-state index contributed by atoms with van der Waals surface area (Å²) in [5, 5.41) is 13.1. The highest BCUT2D eigenvalue weighted by Gasteiger charge is 2.49. The number of β-amino-alcohol motifs (C(OH)–C–C–N with tert-alkyl or cyclic N) is 1. The first-order valence-corrected chi connectivity index (χ1v) is 8.65. The van der Waals surface area contributed by atoms with Crippen molar-refractivity contribution in [3.8, 4) is 0 Å². The van der Waals surface area contributed by atoms with E-state index in [0.717, 1.165) is 23.3 Å². The number of carbonyl (C=O) groups is 3. The van der Waals surface area contributed by atoms with E-state index in [1.807, 2.05) is 0 Å². The van der Waals surface area contributed by atoms with Gasteiger partial charge in [0.05, 0.1) is 25.2 Å². The summed E-state index contributed by atoms with van der Waals surface area (Å²) in [4.78, 5) is 38.9. The number of rotatable bonds is 4. The number of aliphatic hydroxyl groups is 1. The van der Waals surface area contributed by atoms with E-state index in [1.54, 1.807) is 29.2 Å². The molecule has 1 aromatic carbocycles. The number of benzene rings is 1. The van der Waals surface area contributed by atoms with Crippen molar-refractivity contribution in [1.82, 2.24) is 15.1 Å². The fraction of sp³-hybridized carbons (Fsp3) is 0.500. The molecule has 2 heterocycles. The van der Waals surface area contributed by atoms with Gasteiger partial charge in [-0.15, -0.1) is 0 Å². The van der Waals surface area contributed by atoms with E-state index in [9.17, 15) is 19.5 Å². The minimum Gasteiger partial charge on any atom is -0.388 e. The number of amides is 4. The Hall–Kier alpha value is -2.41. The average molecular weight is 343 g/mol. The van der Waals surface area contributed by atoms with Crippen LogP contribution in [0.4, 0.5) is 4.79 Å². The van der Waals surface area contributed by atoms with Gasteiger partial charge in [-0.3, -0.25) is 14.5 Å². The Labute approximate surface area is 145 Å². The van der Waals surface area contributed by atoms with Crippen LogP contribution in [0.1, 0.15) is 35.2 Å². The standard InChI is InChI=1S/C18H21N3O4/c22-15-9-19-17(24)21(15)10-12-2-1-3-13(8-12)16(23)20-7-6-18(25,11-20)14-4-5-14/h1-3,8,14,25H,4-7,9-11H2,(H,19,24). The third-order valence-corrected chi connectivity index (χ3v) is 5.36. The zero-order chi connectivity index (χ0) is 17.6. The first kappa shape index (κ1) is 16.1. The van der Waals surface area contributed by atoms with Crippen LogP contribution in [0.25, 0.3) is 0 Å². The number of nitrogens with zero attached hydrogens (tertiary/aromatic N) is 2. The smallest absolute Gasteiger partial charge is 0.324 e. The van der Waals surface area contributed by atoms with Gasteiger partial charge in [-0.2, -0.15) is 0 Å². The molecule has 1 saturated carbocycles. The summed E-state index contributed by atoms with van der Waals surface area (Å²) in [5.41, 5.74) is 0.519. The zero-order valence-electron chi connectivity index (χ0n) is 13.9. The third-order valence-electron chi connectivity index (χ3n) is 5.36. The van der Waals surface area contributed by atoms with Gasteiger partial charge >= 0.3 is 6.03 Å². The second kappa shape index (κ2) is 5.84. The van der Waals surface area contributed by atoms with E-state index >= 15 is 0 Å². The lowest BCUT2D eigenvalue weighted by atomic mass is 9.97. The summed E-state index contributed by atoms with van der Waals surface area (Å²) in [6.07, 6.45) is 2.71. The lowest BCUT2D eigenvalue weighted by Crippen LogP contribution is -2.37. The molecule has 0 bridgehead atoms. The topological polar surface area (TPSA) is 90.0 Å². The minimum absolute atomic E-state index is 0.0188. The van der Waals surface area contributed by atoms with Crippen molar-refractivity contribution in [2.45, 2.75) is 31.4 Å². The van der Waals surface area contributed by atoms with E-state index in [1.165, 1.54) is 0 Å². The van der Waals surface area contributed by atoms with Crippen molar-refractivity contribution in [2.75, 3.05) is 19.6 Å². The molecule has 0 radical (unpaired) electrons. The summed E-state index contributed by atoms with van der Waals surface area (Å²) >= 11 is 0. The molecule has 25 heavy (non-hydrogen) atoms. The van der Waals surface area contributed by atoms with Gasteiger partial charge < -0.3 is 15.3 Å². The molecule has 4 rings (SSSR count). The second-order valence-corrected chi connectivity index (χ2v) is 7.19. The van der Waals surface area contributed by atoms with Crippen LogP contribution in [0.5, 0.6) is 0 Å². The molecule has 3 aliphatic rings. The molecule has 3 fully saturated rings. The maximum atomic E-state index is 12.8. The third kappa shape index (κ3) is 3.00. The summed E-state index contributed by atoms with van der Waals surface area (Å²) in [7, 11) is 0. The fourth-order valence-electron chi connectivity index (χ4n) is 3.73. The van der Waals surface area contributed by atoms with Crippen LogP contribution in [0.3, 0.4) is 0 Å². The van der Waals surface area contributed by atoms with Gasteiger partial charge in [0, 0.05) is 12.1 Å². The molecule has 2 saturated heterocycles. The first-order valence-electron chi connectivity index (χ1n) is 8.65. The van der Waals surface area contributed by atoms with Crippen molar-refractivity contribution in [2.24, 2.45) is 5.92 Å². The van der Waals surface area contributed by atoms with Crippen molar-refractivity contribution < 1.29 is 19.5 Å². The van der Waals surface area contributed by atoms with Gasteiger partial charge in [0.2, 0.25) is 5.91 Å². The molecule has 1 aromatic rings. The van der Waals surface area contributed by atoms with Crippen LogP contribution in [-0.2, 0) is 11.3 Å². The Morgan fingerprint density at radius 3 is 2.80 bits per heavy atom. The number of nitrogens with one attached hydrogen (secondary N) is 1. The highest BCUT2D eigenvalue weighted by molar-refractivity contribution is 6.02. The molecule has 1 unspecified atom stereocenters. The number of hydrogen-bond donors (Lipinski definition) is 2.